The summed E-state index contributed by atoms with van der Waals surface area (Å²) in [4.78, 5) is 32.6. The van der Waals surface area contributed by atoms with Gasteiger partial charge in [-0.2, -0.15) is 0 Å². The third-order valence-corrected chi connectivity index (χ3v) is 2.89. The van der Waals surface area contributed by atoms with Gasteiger partial charge in [-0.1, -0.05) is 12.8 Å². The standard InChI is InChI=1S/C12H21N3O5/c16-10(14-8-11(17)18)7-15-12(19)13-5-6-20-9-3-1-2-4-9/h9H,1-8H2,(H,14,16)(H,17,18)(H2,13,15,19). The number of hydrogen-bond donors (Lipinski definition) is 4. The molecule has 0 atom stereocenters. The highest BCUT2D eigenvalue weighted by Gasteiger charge is 2.14. The lowest BCUT2D eigenvalue weighted by atomic mass is 10.3. The molecule has 1 fully saturated rings. The number of carbonyl (C=O) groups is 3. The second-order valence-electron chi connectivity index (χ2n) is 4.56. The summed E-state index contributed by atoms with van der Waals surface area (Å²) in [6.45, 7) is 0.0995. The Kier molecular flexibility index (Phi) is 7.41. The Balaban J connectivity index is 1.96. The van der Waals surface area contributed by atoms with Crippen LogP contribution in [0.25, 0.3) is 0 Å². The van der Waals surface area contributed by atoms with Crippen LogP contribution < -0.4 is 16.0 Å². The van der Waals surface area contributed by atoms with Crippen molar-refractivity contribution >= 4 is 17.9 Å². The quantitative estimate of drug-likeness (QED) is 0.447. The molecular weight excluding hydrogens is 266 g/mol. The zero-order valence-corrected chi connectivity index (χ0v) is 11.3. The molecule has 0 aromatic heterocycles. The summed E-state index contributed by atoms with van der Waals surface area (Å²) in [6, 6.07) is -0.481. The maximum absolute atomic E-state index is 11.3. The van der Waals surface area contributed by atoms with Crippen molar-refractivity contribution in [2.45, 2.75) is 31.8 Å². The molecule has 1 saturated carbocycles. The number of amides is 3. The van der Waals surface area contributed by atoms with E-state index in [1.54, 1.807) is 0 Å². The Hall–Kier alpha value is -1.83. The van der Waals surface area contributed by atoms with Gasteiger partial charge in [-0.25, -0.2) is 4.79 Å². The average Bonchev–Trinajstić information content (AvgIpc) is 2.92. The first-order valence-electron chi connectivity index (χ1n) is 6.69. The number of hydrogen-bond acceptors (Lipinski definition) is 4. The van der Waals surface area contributed by atoms with E-state index in [0.717, 1.165) is 12.8 Å². The van der Waals surface area contributed by atoms with Crippen molar-refractivity contribution < 1.29 is 24.2 Å². The van der Waals surface area contributed by atoms with E-state index in [1.807, 2.05) is 0 Å². The van der Waals surface area contributed by atoms with Crippen molar-refractivity contribution in [3.8, 4) is 0 Å². The summed E-state index contributed by atoms with van der Waals surface area (Å²) < 4.78 is 5.56. The van der Waals surface area contributed by atoms with Crippen LogP contribution in [0.1, 0.15) is 25.7 Å². The maximum Gasteiger partial charge on any atom is 0.322 e. The molecule has 0 bridgehead atoms. The molecule has 4 N–H and O–H groups in total. The third kappa shape index (κ3) is 7.57. The van der Waals surface area contributed by atoms with E-state index in [9.17, 15) is 14.4 Å². The predicted molar refractivity (Wildman–Crippen MR) is 70.3 cm³/mol. The smallest absolute Gasteiger partial charge is 0.322 e. The Morgan fingerprint density at radius 1 is 1.05 bits per heavy atom. The van der Waals surface area contributed by atoms with Gasteiger partial charge >= 0.3 is 12.0 Å². The SMILES string of the molecule is O=C(O)CNC(=O)CNC(=O)NCCOC1CCCC1. The summed E-state index contributed by atoms with van der Waals surface area (Å²) in [5, 5.41) is 15.4. The van der Waals surface area contributed by atoms with Crippen LogP contribution in [-0.2, 0) is 14.3 Å². The molecule has 1 aliphatic rings. The highest BCUT2D eigenvalue weighted by atomic mass is 16.5. The second-order valence-corrected chi connectivity index (χ2v) is 4.56. The fourth-order valence-corrected chi connectivity index (χ4v) is 1.90. The summed E-state index contributed by atoms with van der Waals surface area (Å²) in [7, 11) is 0. The van der Waals surface area contributed by atoms with Crippen molar-refractivity contribution in [2.24, 2.45) is 0 Å². The van der Waals surface area contributed by atoms with Crippen LogP contribution in [0.3, 0.4) is 0 Å². The number of urea groups is 1. The molecule has 0 spiro atoms. The van der Waals surface area contributed by atoms with Crippen molar-refractivity contribution in [3.05, 3.63) is 0 Å². The molecule has 1 rings (SSSR count). The molecule has 1 aliphatic carbocycles. The third-order valence-electron chi connectivity index (χ3n) is 2.89. The molecule has 0 aromatic carbocycles. The van der Waals surface area contributed by atoms with Crippen LogP contribution in [0.15, 0.2) is 0 Å². The largest absolute Gasteiger partial charge is 0.480 e. The highest BCUT2D eigenvalue weighted by molar-refractivity contribution is 5.86. The molecule has 0 unspecified atom stereocenters. The van der Waals surface area contributed by atoms with Gasteiger partial charge in [-0.05, 0) is 12.8 Å². The molecule has 0 aliphatic heterocycles. The van der Waals surface area contributed by atoms with Crippen LogP contribution in [-0.4, -0.2) is 55.4 Å². The molecule has 0 aromatic rings. The minimum atomic E-state index is -1.13. The van der Waals surface area contributed by atoms with Crippen molar-refractivity contribution in [2.75, 3.05) is 26.2 Å². The summed E-state index contributed by atoms with van der Waals surface area (Å²) >= 11 is 0. The van der Waals surface area contributed by atoms with Crippen LogP contribution in [0, 0.1) is 0 Å². The van der Waals surface area contributed by atoms with Gasteiger partial charge < -0.3 is 25.8 Å². The lowest BCUT2D eigenvalue weighted by Gasteiger charge is -2.11. The fourth-order valence-electron chi connectivity index (χ4n) is 1.90. The summed E-state index contributed by atoms with van der Waals surface area (Å²) in [6.07, 6.45) is 4.86. The lowest BCUT2D eigenvalue weighted by molar-refractivity contribution is -0.137. The van der Waals surface area contributed by atoms with Crippen molar-refractivity contribution in [1.29, 1.82) is 0 Å². The molecule has 0 radical (unpaired) electrons. The number of aliphatic carboxylic acids is 1. The van der Waals surface area contributed by atoms with E-state index < -0.39 is 24.5 Å². The topological polar surface area (TPSA) is 117 Å². The number of carboxylic acids is 1. The number of carboxylic acid groups (broad SMARTS) is 1. The second kappa shape index (κ2) is 9.13. The van der Waals surface area contributed by atoms with E-state index in [2.05, 4.69) is 16.0 Å². The molecule has 20 heavy (non-hydrogen) atoms. The zero-order chi connectivity index (χ0) is 14.8. The average molecular weight is 287 g/mol. The first kappa shape index (κ1) is 16.2. The number of rotatable bonds is 8. The molecule has 8 nitrogen and oxygen atoms in total. The van der Waals surface area contributed by atoms with E-state index in [0.29, 0.717) is 19.3 Å². The van der Waals surface area contributed by atoms with Gasteiger partial charge in [0.2, 0.25) is 5.91 Å². The number of nitrogens with one attached hydrogen (secondary N) is 3. The van der Waals surface area contributed by atoms with Crippen LogP contribution in [0.5, 0.6) is 0 Å². The van der Waals surface area contributed by atoms with Crippen LogP contribution in [0.2, 0.25) is 0 Å². The normalized spacial score (nSPS) is 14.8. The first-order valence-corrected chi connectivity index (χ1v) is 6.69. The molecule has 0 saturated heterocycles. The van der Waals surface area contributed by atoms with Gasteiger partial charge in [0, 0.05) is 6.54 Å². The van der Waals surface area contributed by atoms with E-state index >= 15 is 0 Å². The minimum absolute atomic E-state index is 0.261. The Morgan fingerprint density at radius 3 is 2.40 bits per heavy atom. The monoisotopic (exact) mass is 287 g/mol. The van der Waals surface area contributed by atoms with Gasteiger partial charge in [0.1, 0.15) is 6.54 Å². The predicted octanol–water partition coefficient (Wildman–Crippen LogP) is -0.554. The zero-order valence-electron chi connectivity index (χ0n) is 11.3. The summed E-state index contributed by atoms with van der Waals surface area (Å²) in [5.41, 5.74) is 0. The Labute approximate surface area is 117 Å². The Bertz CT molecular complexity index is 342. The van der Waals surface area contributed by atoms with Gasteiger partial charge in [-0.15, -0.1) is 0 Å². The maximum atomic E-state index is 11.3. The van der Waals surface area contributed by atoms with Gasteiger partial charge in [0.05, 0.1) is 19.3 Å². The van der Waals surface area contributed by atoms with Crippen LogP contribution in [0.4, 0.5) is 4.79 Å². The van der Waals surface area contributed by atoms with Crippen molar-refractivity contribution in [1.82, 2.24) is 16.0 Å². The van der Waals surface area contributed by atoms with E-state index in [1.165, 1.54) is 12.8 Å². The highest BCUT2D eigenvalue weighted by Crippen LogP contribution is 2.20. The molecule has 3 amide bonds. The minimum Gasteiger partial charge on any atom is -0.480 e. The summed E-state index contributed by atoms with van der Waals surface area (Å²) in [5.74, 6) is -1.68. The van der Waals surface area contributed by atoms with Gasteiger partial charge in [0.15, 0.2) is 0 Å². The van der Waals surface area contributed by atoms with E-state index in [4.69, 9.17) is 9.84 Å². The van der Waals surface area contributed by atoms with Gasteiger partial charge in [0.25, 0.3) is 0 Å². The van der Waals surface area contributed by atoms with Gasteiger partial charge in [-0.3, -0.25) is 9.59 Å². The lowest BCUT2D eigenvalue weighted by Crippen LogP contribution is -2.43. The molecule has 0 heterocycles. The van der Waals surface area contributed by atoms with Crippen molar-refractivity contribution in [3.63, 3.8) is 0 Å². The molecule has 114 valence electrons. The molecular formula is C12H21N3O5. The van der Waals surface area contributed by atoms with E-state index in [-0.39, 0.29) is 6.54 Å². The van der Waals surface area contributed by atoms with Crippen LogP contribution >= 0.6 is 0 Å². The Morgan fingerprint density at radius 2 is 1.75 bits per heavy atom. The number of ether oxygens (including phenoxy) is 1. The first-order chi connectivity index (χ1) is 9.58. The molecule has 8 heteroatoms. The fraction of sp³-hybridized carbons (Fsp3) is 0.750. The number of carbonyl (C=O) groups excluding carboxylic acids is 2.